The van der Waals surface area contributed by atoms with E-state index >= 15 is 0 Å². The molecule has 0 aromatic carbocycles. The van der Waals surface area contributed by atoms with Gasteiger partial charge in [0.25, 0.3) is 0 Å². The third-order valence-corrected chi connectivity index (χ3v) is 3.16. The molecule has 0 amide bonds. The van der Waals surface area contributed by atoms with E-state index in [1.54, 1.807) is 11.3 Å². The topological polar surface area (TPSA) is 0 Å². The minimum atomic E-state index is 0.836. The maximum absolute atomic E-state index is 5.70. The normalized spacial score (nSPS) is 8.50. The summed E-state index contributed by atoms with van der Waals surface area (Å²) in [4.78, 5) is 1.24. The van der Waals surface area contributed by atoms with Crippen LogP contribution in [0.15, 0.2) is 10.5 Å². The maximum Gasteiger partial charge on any atom is 0.107 e. The monoisotopic (exact) mass is 240 g/mol. The van der Waals surface area contributed by atoms with Crippen LogP contribution >= 0.6 is 38.9 Å². The Morgan fingerprint density at radius 2 is 2.00 bits per heavy atom. The van der Waals surface area contributed by atoms with Crippen molar-refractivity contribution in [1.29, 1.82) is 0 Å². The highest BCUT2D eigenvalue weighted by Crippen LogP contribution is 2.30. The predicted octanol–water partition coefficient (Wildman–Crippen LogP) is 4.50. The molecule has 1 aromatic heterocycles. The standard InChI is InChI=1S/C5H4BrClS.C2H6/c1-3-2-4(6)5(7)8-3;1-2/h2H,1H3;1-2H3. The van der Waals surface area contributed by atoms with E-state index in [-0.39, 0.29) is 0 Å². The molecule has 0 atom stereocenters. The number of hydrogen-bond donors (Lipinski definition) is 0. The van der Waals surface area contributed by atoms with Crippen molar-refractivity contribution in [3.05, 3.63) is 19.8 Å². The summed E-state index contributed by atoms with van der Waals surface area (Å²) < 4.78 is 1.84. The predicted molar refractivity (Wildman–Crippen MR) is 53.1 cm³/mol. The van der Waals surface area contributed by atoms with E-state index in [1.165, 1.54) is 4.88 Å². The molecule has 0 unspecified atom stereocenters. The van der Waals surface area contributed by atoms with Crippen LogP contribution in [0.1, 0.15) is 18.7 Å². The zero-order valence-corrected chi connectivity index (χ0v) is 9.40. The summed E-state index contributed by atoms with van der Waals surface area (Å²) in [6.45, 7) is 6.03. The van der Waals surface area contributed by atoms with E-state index < -0.39 is 0 Å². The van der Waals surface area contributed by atoms with Gasteiger partial charge < -0.3 is 0 Å². The molecule has 58 valence electrons. The third-order valence-electron chi connectivity index (χ3n) is 0.768. The molecule has 10 heavy (non-hydrogen) atoms. The van der Waals surface area contributed by atoms with Crippen molar-refractivity contribution in [2.45, 2.75) is 20.8 Å². The first-order valence-corrected chi connectivity index (χ1v) is 5.10. The molecule has 0 radical (unpaired) electrons. The molecular weight excluding hydrogens is 232 g/mol. The van der Waals surface area contributed by atoms with Crippen LogP contribution in [0.25, 0.3) is 0 Å². The van der Waals surface area contributed by atoms with Crippen molar-refractivity contribution in [2.75, 3.05) is 0 Å². The van der Waals surface area contributed by atoms with Gasteiger partial charge in [-0.1, -0.05) is 25.4 Å². The van der Waals surface area contributed by atoms with Crippen molar-refractivity contribution in [2.24, 2.45) is 0 Å². The zero-order chi connectivity index (χ0) is 8.15. The number of aryl methyl sites for hydroxylation is 1. The second-order valence-electron chi connectivity index (χ2n) is 1.48. The van der Waals surface area contributed by atoms with Crippen molar-refractivity contribution in [3.63, 3.8) is 0 Å². The Morgan fingerprint density at radius 3 is 2.10 bits per heavy atom. The minimum Gasteiger partial charge on any atom is -0.128 e. The average molecular weight is 242 g/mol. The van der Waals surface area contributed by atoms with Gasteiger partial charge in [0.2, 0.25) is 0 Å². The molecule has 0 aliphatic carbocycles. The van der Waals surface area contributed by atoms with Crippen molar-refractivity contribution in [3.8, 4) is 0 Å². The fraction of sp³-hybridized carbons (Fsp3) is 0.429. The molecule has 1 heterocycles. The van der Waals surface area contributed by atoms with E-state index in [9.17, 15) is 0 Å². The highest BCUT2D eigenvalue weighted by Gasteiger charge is 1.97. The lowest BCUT2D eigenvalue weighted by molar-refractivity contribution is 1.50. The molecule has 0 bridgehead atoms. The molecule has 0 aliphatic rings. The molecule has 0 nitrogen and oxygen atoms in total. The highest BCUT2D eigenvalue weighted by atomic mass is 79.9. The zero-order valence-electron chi connectivity index (χ0n) is 6.24. The molecule has 0 saturated carbocycles. The van der Waals surface area contributed by atoms with Gasteiger partial charge in [0, 0.05) is 9.35 Å². The summed E-state index contributed by atoms with van der Waals surface area (Å²) in [5.41, 5.74) is 0. The summed E-state index contributed by atoms with van der Waals surface area (Å²) in [5, 5.41) is 0. The molecule has 0 saturated heterocycles. The van der Waals surface area contributed by atoms with E-state index in [2.05, 4.69) is 15.9 Å². The van der Waals surface area contributed by atoms with Gasteiger partial charge >= 0.3 is 0 Å². The lowest BCUT2D eigenvalue weighted by atomic mass is 10.5. The second-order valence-corrected chi connectivity index (χ2v) is 4.19. The van der Waals surface area contributed by atoms with Crippen LogP contribution in [-0.2, 0) is 0 Å². The summed E-state index contributed by atoms with van der Waals surface area (Å²) in [6, 6.07) is 2.01. The van der Waals surface area contributed by atoms with Crippen LogP contribution in [-0.4, -0.2) is 0 Å². The first-order valence-electron chi connectivity index (χ1n) is 3.11. The van der Waals surface area contributed by atoms with E-state index in [0.717, 1.165) is 8.81 Å². The van der Waals surface area contributed by atoms with Gasteiger partial charge in [-0.2, -0.15) is 0 Å². The van der Waals surface area contributed by atoms with E-state index in [4.69, 9.17) is 11.6 Å². The Morgan fingerprint density at radius 1 is 1.50 bits per heavy atom. The largest absolute Gasteiger partial charge is 0.128 e. The lowest BCUT2D eigenvalue weighted by Crippen LogP contribution is -1.47. The van der Waals surface area contributed by atoms with Crippen LogP contribution < -0.4 is 0 Å². The van der Waals surface area contributed by atoms with Crippen LogP contribution in [0.3, 0.4) is 0 Å². The summed E-state index contributed by atoms with van der Waals surface area (Å²) in [7, 11) is 0. The SMILES string of the molecule is CC.Cc1cc(Br)c(Cl)s1. The van der Waals surface area contributed by atoms with Crippen LogP contribution in [0.4, 0.5) is 0 Å². The summed E-state index contributed by atoms with van der Waals surface area (Å²) in [6.07, 6.45) is 0. The highest BCUT2D eigenvalue weighted by molar-refractivity contribution is 9.10. The first-order chi connectivity index (χ1) is 4.70. The van der Waals surface area contributed by atoms with E-state index in [1.807, 2.05) is 26.8 Å². The molecule has 1 rings (SSSR count). The van der Waals surface area contributed by atoms with E-state index in [0.29, 0.717) is 0 Å². The molecule has 0 aliphatic heterocycles. The second kappa shape index (κ2) is 5.16. The smallest absolute Gasteiger partial charge is 0.107 e. The fourth-order valence-corrected chi connectivity index (χ4v) is 2.23. The van der Waals surface area contributed by atoms with Gasteiger partial charge in [-0.05, 0) is 28.9 Å². The lowest BCUT2D eigenvalue weighted by Gasteiger charge is -1.74. The third kappa shape index (κ3) is 3.04. The summed E-state index contributed by atoms with van der Waals surface area (Å²) >= 11 is 10.6. The van der Waals surface area contributed by atoms with Gasteiger partial charge in [-0.15, -0.1) is 11.3 Å². The fourth-order valence-electron chi connectivity index (χ4n) is 0.455. The van der Waals surface area contributed by atoms with Gasteiger partial charge in [-0.3, -0.25) is 0 Å². The quantitative estimate of drug-likeness (QED) is 0.627. The number of rotatable bonds is 0. The molecule has 0 spiro atoms. The van der Waals surface area contributed by atoms with Crippen LogP contribution in [0, 0.1) is 6.92 Å². The van der Waals surface area contributed by atoms with Gasteiger partial charge in [0.15, 0.2) is 0 Å². The molecule has 0 fully saturated rings. The van der Waals surface area contributed by atoms with Crippen molar-refractivity contribution < 1.29 is 0 Å². The Bertz CT molecular complexity index is 176. The van der Waals surface area contributed by atoms with Gasteiger partial charge in [-0.25, -0.2) is 0 Å². The summed E-state index contributed by atoms with van der Waals surface area (Å²) in [5.74, 6) is 0. The van der Waals surface area contributed by atoms with Crippen LogP contribution in [0.5, 0.6) is 0 Å². The Labute approximate surface area is 79.3 Å². The first kappa shape index (κ1) is 10.5. The number of halogens is 2. The minimum absolute atomic E-state index is 0.836. The molecule has 0 N–H and O–H groups in total. The van der Waals surface area contributed by atoms with Gasteiger partial charge in [0.05, 0.1) is 0 Å². The average Bonchev–Trinajstić information content (AvgIpc) is 2.16. The van der Waals surface area contributed by atoms with Crippen molar-refractivity contribution in [1.82, 2.24) is 0 Å². The maximum atomic E-state index is 5.70. The molecule has 3 heteroatoms. The molecular formula is C7H10BrClS. The Kier molecular flexibility index (Phi) is 5.41. The molecule has 1 aromatic rings. The van der Waals surface area contributed by atoms with Crippen molar-refractivity contribution >= 4 is 38.9 Å². The Balaban J connectivity index is 0.000000371. The van der Waals surface area contributed by atoms with Gasteiger partial charge in [0.1, 0.15) is 4.34 Å². The Hall–Kier alpha value is 0.470. The number of hydrogen-bond acceptors (Lipinski definition) is 1. The number of thiophene rings is 1. The van der Waals surface area contributed by atoms with Crippen LogP contribution in [0.2, 0.25) is 4.34 Å².